The molecule has 0 amide bonds. The molecule has 0 unspecified atom stereocenters. The first-order chi connectivity index (χ1) is 14.6. The van der Waals surface area contributed by atoms with E-state index in [1.807, 2.05) is 24.3 Å². The Bertz CT molecular complexity index is 910. The van der Waals surface area contributed by atoms with Crippen molar-refractivity contribution in [2.75, 3.05) is 0 Å². The average Bonchev–Trinajstić information content (AvgIpc) is 2.71. The van der Waals surface area contributed by atoms with Gasteiger partial charge in [0, 0.05) is 14.7 Å². The fourth-order valence-electron chi connectivity index (χ4n) is 3.52. The van der Waals surface area contributed by atoms with Crippen LogP contribution in [-0.4, -0.2) is 0 Å². The third kappa shape index (κ3) is 4.88. The van der Waals surface area contributed by atoms with Crippen LogP contribution in [0.15, 0.2) is 87.5 Å². The summed E-state index contributed by atoms with van der Waals surface area (Å²) in [5.41, 5.74) is 1.18. The van der Waals surface area contributed by atoms with Crippen molar-refractivity contribution in [2.24, 2.45) is 0 Å². The largest absolute Gasteiger partial charge is 0.416 e. The zero-order valence-corrected chi connectivity index (χ0v) is 20.2. The third-order valence-electron chi connectivity index (χ3n) is 5.60. The van der Waals surface area contributed by atoms with Crippen LogP contribution in [0.25, 0.3) is 0 Å². The Labute approximate surface area is 190 Å². The monoisotopic (exact) mass is 462 g/mol. The molecule has 3 aromatic carbocycles. The van der Waals surface area contributed by atoms with Crippen molar-refractivity contribution < 1.29 is 17.1 Å². The van der Waals surface area contributed by atoms with Gasteiger partial charge in [-0.2, -0.15) is 17.1 Å². The van der Waals surface area contributed by atoms with E-state index in [1.54, 1.807) is 24.3 Å². The Morgan fingerprint density at radius 3 is 0.938 bits per heavy atom. The Balaban J connectivity index is 2.17. The Hall–Kier alpha value is -2.27. The van der Waals surface area contributed by atoms with Crippen LogP contribution in [0.2, 0.25) is 0 Å². The van der Waals surface area contributed by atoms with Gasteiger partial charge < -0.3 is 0 Å². The van der Waals surface area contributed by atoms with Crippen molar-refractivity contribution in [1.29, 1.82) is 0 Å². The second-order valence-corrected chi connectivity index (χ2v) is 12.6. The Morgan fingerprint density at radius 2 is 0.719 bits per heavy atom. The summed E-state index contributed by atoms with van der Waals surface area (Å²) in [5.74, 6) is 0. The minimum absolute atomic E-state index is 0.0877. The van der Waals surface area contributed by atoms with Crippen molar-refractivity contribution in [3.8, 4) is 0 Å². The molecule has 0 aliphatic carbocycles. The third-order valence-corrected chi connectivity index (χ3v) is 8.36. The first kappa shape index (κ1) is 24.4. The molecule has 3 rings (SSSR count). The Kier molecular flexibility index (Phi) is 6.29. The zero-order chi connectivity index (χ0) is 23.9. The molecule has 172 valence electrons. The van der Waals surface area contributed by atoms with Gasteiger partial charge in [-0.3, -0.25) is 0 Å². The molecule has 0 aliphatic heterocycles. The van der Waals surface area contributed by atoms with E-state index >= 15 is 3.89 Å². The molecule has 0 aromatic heterocycles. The van der Waals surface area contributed by atoms with Gasteiger partial charge in [-0.05, 0) is 80.9 Å². The summed E-state index contributed by atoms with van der Waals surface area (Å²) in [6.07, 6.45) is -4.46. The molecule has 5 heteroatoms. The maximum absolute atomic E-state index is 17.1. The number of hydrogen-bond donors (Lipinski definition) is 0. The number of hydrogen-bond acceptors (Lipinski definition) is 0. The van der Waals surface area contributed by atoms with Gasteiger partial charge in [0.25, 0.3) is 0 Å². The molecule has 0 nitrogen and oxygen atoms in total. The van der Waals surface area contributed by atoms with E-state index in [-0.39, 0.29) is 15.7 Å². The van der Waals surface area contributed by atoms with E-state index in [4.69, 9.17) is 0 Å². The maximum atomic E-state index is 17.1. The molecular formula is C27H30F4S. The summed E-state index contributed by atoms with van der Waals surface area (Å²) in [4.78, 5) is 1.18. The van der Waals surface area contributed by atoms with Crippen molar-refractivity contribution in [1.82, 2.24) is 0 Å². The van der Waals surface area contributed by atoms with Gasteiger partial charge in [-0.1, -0.05) is 65.8 Å². The van der Waals surface area contributed by atoms with Crippen LogP contribution in [0.4, 0.5) is 17.1 Å². The molecule has 0 fully saturated rings. The van der Waals surface area contributed by atoms with Crippen molar-refractivity contribution in [3.63, 3.8) is 0 Å². The van der Waals surface area contributed by atoms with Crippen LogP contribution in [0.3, 0.4) is 0 Å². The smallest absolute Gasteiger partial charge is 0.175 e. The molecule has 3 aromatic rings. The first-order valence-corrected chi connectivity index (χ1v) is 12.1. The van der Waals surface area contributed by atoms with Crippen LogP contribution >= 0.6 is 10.4 Å². The summed E-state index contributed by atoms with van der Waals surface area (Å²) in [5, 5.41) is 0. The summed E-state index contributed by atoms with van der Waals surface area (Å²) >= 11 is 0. The average molecular weight is 463 g/mol. The summed E-state index contributed by atoms with van der Waals surface area (Å²) in [6, 6.07) is 19.2. The van der Waals surface area contributed by atoms with Crippen LogP contribution < -0.4 is 0 Å². The standard InChI is InChI=1S/C27H30F4S/c1-25(2,3)19-7-13-22(14-8-19)32(31,23-15-9-20(10-16-23)26(4,5)6)24-17-11-21(12-18-24)27(28,29)30/h7-18H,1-6H3. The molecule has 0 saturated carbocycles. The van der Waals surface area contributed by atoms with Gasteiger partial charge in [0.15, 0.2) is 0 Å². The molecule has 0 spiro atoms. The quantitative estimate of drug-likeness (QED) is 0.340. The highest BCUT2D eigenvalue weighted by atomic mass is 32.3. The highest BCUT2D eigenvalue weighted by molar-refractivity contribution is 8.29. The van der Waals surface area contributed by atoms with Crippen molar-refractivity contribution in [2.45, 2.75) is 73.2 Å². The van der Waals surface area contributed by atoms with E-state index in [0.717, 1.165) is 23.3 Å². The molecule has 0 radical (unpaired) electrons. The van der Waals surface area contributed by atoms with Crippen molar-refractivity contribution in [3.05, 3.63) is 89.5 Å². The fourth-order valence-corrected chi connectivity index (χ4v) is 5.87. The van der Waals surface area contributed by atoms with Gasteiger partial charge in [0.2, 0.25) is 0 Å². The summed E-state index contributed by atoms with van der Waals surface area (Å²) < 4.78 is 56.3. The van der Waals surface area contributed by atoms with Gasteiger partial charge in [-0.15, -0.1) is 0 Å². The van der Waals surface area contributed by atoms with E-state index in [1.165, 1.54) is 12.1 Å². The second kappa shape index (κ2) is 8.26. The highest BCUT2D eigenvalue weighted by Gasteiger charge is 2.34. The summed E-state index contributed by atoms with van der Waals surface area (Å²) in [7, 11) is -3.23. The molecule has 0 saturated heterocycles. The van der Waals surface area contributed by atoms with E-state index in [2.05, 4.69) is 41.5 Å². The number of benzene rings is 3. The van der Waals surface area contributed by atoms with Gasteiger partial charge in [0.05, 0.1) is 5.56 Å². The predicted molar refractivity (Wildman–Crippen MR) is 125 cm³/mol. The molecular weight excluding hydrogens is 432 g/mol. The number of halogens is 4. The lowest BCUT2D eigenvalue weighted by Crippen LogP contribution is -2.11. The summed E-state index contributed by atoms with van der Waals surface area (Å²) in [6.45, 7) is 12.5. The minimum Gasteiger partial charge on any atom is -0.175 e. The minimum atomic E-state index is -4.46. The van der Waals surface area contributed by atoms with E-state index in [0.29, 0.717) is 9.79 Å². The SMILES string of the molecule is CC(C)(C)c1ccc(S(F)(c2ccc(C(C)(C)C)cc2)c2ccc(C(F)(F)F)cc2)cc1. The normalized spacial score (nSPS) is 13.8. The highest BCUT2D eigenvalue weighted by Crippen LogP contribution is 2.69. The van der Waals surface area contributed by atoms with Gasteiger partial charge in [0.1, 0.15) is 0 Å². The Morgan fingerprint density at radius 1 is 0.469 bits per heavy atom. The van der Waals surface area contributed by atoms with Crippen LogP contribution in [0, 0.1) is 0 Å². The molecule has 0 N–H and O–H groups in total. The molecule has 0 bridgehead atoms. The molecule has 0 heterocycles. The van der Waals surface area contributed by atoms with Crippen LogP contribution in [0.5, 0.6) is 0 Å². The van der Waals surface area contributed by atoms with Crippen LogP contribution in [-0.2, 0) is 17.0 Å². The lowest BCUT2D eigenvalue weighted by Gasteiger charge is -2.33. The lowest BCUT2D eigenvalue weighted by atomic mass is 9.87. The van der Waals surface area contributed by atoms with E-state index in [9.17, 15) is 13.2 Å². The molecule has 32 heavy (non-hydrogen) atoms. The second-order valence-electron chi connectivity index (χ2n) is 10.1. The number of alkyl halides is 3. The first-order valence-electron chi connectivity index (χ1n) is 10.5. The molecule has 0 atom stereocenters. The number of rotatable bonds is 3. The zero-order valence-electron chi connectivity index (χ0n) is 19.3. The topological polar surface area (TPSA) is 0 Å². The van der Waals surface area contributed by atoms with E-state index < -0.39 is 22.2 Å². The van der Waals surface area contributed by atoms with Gasteiger partial charge in [-0.25, -0.2) is 0 Å². The van der Waals surface area contributed by atoms with Crippen molar-refractivity contribution >= 4 is 10.4 Å². The molecule has 0 aliphatic rings. The van der Waals surface area contributed by atoms with Crippen LogP contribution in [0.1, 0.15) is 58.2 Å². The predicted octanol–water partition coefficient (Wildman–Crippen LogP) is 9.47. The maximum Gasteiger partial charge on any atom is 0.416 e. The lowest BCUT2D eigenvalue weighted by molar-refractivity contribution is -0.137. The van der Waals surface area contributed by atoms with Gasteiger partial charge >= 0.3 is 6.18 Å². The fraction of sp³-hybridized carbons (Fsp3) is 0.333.